The predicted molar refractivity (Wildman–Crippen MR) is 97.4 cm³/mol. The van der Waals surface area contributed by atoms with Crippen LogP contribution in [0.2, 0.25) is 0 Å². The van der Waals surface area contributed by atoms with E-state index in [9.17, 15) is 0 Å². The van der Waals surface area contributed by atoms with Crippen LogP contribution in [0, 0.1) is 5.92 Å². The number of nitrogens with one attached hydrogen (secondary N) is 1. The summed E-state index contributed by atoms with van der Waals surface area (Å²) in [5.74, 6) is 2.11. The first kappa shape index (κ1) is 18.2. The summed E-state index contributed by atoms with van der Waals surface area (Å²) in [6.07, 6.45) is 2.05. The lowest BCUT2D eigenvalue weighted by atomic mass is 10.1. The van der Waals surface area contributed by atoms with E-state index in [1.165, 1.54) is 5.01 Å². The van der Waals surface area contributed by atoms with E-state index < -0.39 is 0 Å². The summed E-state index contributed by atoms with van der Waals surface area (Å²) >= 11 is 1.75. The summed E-state index contributed by atoms with van der Waals surface area (Å²) < 4.78 is 5.46. The Morgan fingerprint density at radius 2 is 2.39 bits per heavy atom. The molecule has 23 heavy (non-hydrogen) atoms. The maximum Gasteiger partial charge on any atom is 0.193 e. The maximum absolute atomic E-state index is 5.46. The number of guanidine groups is 1. The van der Waals surface area contributed by atoms with Gasteiger partial charge in [0.25, 0.3) is 0 Å². The van der Waals surface area contributed by atoms with Gasteiger partial charge in [0.1, 0.15) is 0 Å². The van der Waals surface area contributed by atoms with Crippen LogP contribution >= 0.6 is 11.3 Å². The molecule has 0 radical (unpaired) electrons. The van der Waals surface area contributed by atoms with E-state index in [0.717, 1.165) is 57.3 Å². The molecule has 2 heterocycles. The van der Waals surface area contributed by atoms with Crippen molar-refractivity contribution in [2.45, 2.75) is 39.5 Å². The normalized spacial score (nSPS) is 18.7. The maximum atomic E-state index is 5.46. The van der Waals surface area contributed by atoms with Crippen LogP contribution in [0.1, 0.15) is 43.8 Å². The Balaban J connectivity index is 1.86. The number of nitrogens with zero attached hydrogens (tertiary/aromatic N) is 3. The van der Waals surface area contributed by atoms with E-state index in [1.54, 1.807) is 11.3 Å². The topological polar surface area (TPSA) is 49.8 Å². The highest BCUT2D eigenvalue weighted by molar-refractivity contribution is 7.09. The first-order chi connectivity index (χ1) is 11.1. The molecule has 0 spiro atoms. The number of aliphatic imine (C=N–C) groups is 1. The van der Waals surface area contributed by atoms with Crippen LogP contribution in [0.5, 0.6) is 0 Å². The van der Waals surface area contributed by atoms with Gasteiger partial charge >= 0.3 is 0 Å². The number of thiazole rings is 1. The van der Waals surface area contributed by atoms with Gasteiger partial charge in [0.05, 0.1) is 17.3 Å². The fraction of sp³-hybridized carbons (Fsp3) is 0.765. The number of aromatic nitrogens is 1. The number of ether oxygens (including phenoxy) is 1. The second-order valence-electron chi connectivity index (χ2n) is 6.43. The number of rotatable bonds is 7. The van der Waals surface area contributed by atoms with E-state index in [2.05, 4.69) is 48.4 Å². The van der Waals surface area contributed by atoms with Crippen LogP contribution < -0.4 is 5.32 Å². The molecule has 0 aliphatic carbocycles. The molecule has 1 aromatic heterocycles. The molecule has 1 aromatic rings. The molecule has 1 unspecified atom stereocenters. The Hall–Kier alpha value is -1.14. The van der Waals surface area contributed by atoms with E-state index in [-0.39, 0.29) is 0 Å². The third kappa shape index (κ3) is 5.77. The molecule has 0 saturated carbocycles. The fourth-order valence-electron chi connectivity index (χ4n) is 2.65. The summed E-state index contributed by atoms with van der Waals surface area (Å²) in [5, 5.41) is 6.76. The minimum atomic E-state index is 0.509. The van der Waals surface area contributed by atoms with Crippen LogP contribution in [-0.4, -0.2) is 55.7 Å². The Kier molecular flexibility index (Phi) is 7.30. The van der Waals surface area contributed by atoms with Crippen LogP contribution in [0.25, 0.3) is 0 Å². The molecule has 5 nitrogen and oxygen atoms in total. The van der Waals surface area contributed by atoms with Crippen LogP contribution in [-0.2, 0) is 11.2 Å². The van der Waals surface area contributed by atoms with Gasteiger partial charge in [0.15, 0.2) is 5.96 Å². The molecule has 1 saturated heterocycles. The van der Waals surface area contributed by atoms with Crippen molar-refractivity contribution < 1.29 is 4.74 Å². The molecule has 0 amide bonds. The molecule has 2 rings (SSSR count). The van der Waals surface area contributed by atoms with Gasteiger partial charge in [0, 0.05) is 56.9 Å². The zero-order valence-corrected chi connectivity index (χ0v) is 15.7. The third-order valence-corrected chi connectivity index (χ3v) is 5.14. The SMILES string of the molecule is CCNC(=NCCc1csc(C(C)C)n1)N(C)CC1CCOC1. The van der Waals surface area contributed by atoms with Crippen molar-refractivity contribution in [3.05, 3.63) is 16.1 Å². The Morgan fingerprint density at radius 1 is 1.57 bits per heavy atom. The number of hydrogen-bond donors (Lipinski definition) is 1. The first-order valence-corrected chi connectivity index (χ1v) is 9.49. The smallest absolute Gasteiger partial charge is 0.193 e. The molecule has 6 heteroatoms. The average molecular weight is 339 g/mol. The molecule has 130 valence electrons. The van der Waals surface area contributed by atoms with E-state index in [4.69, 9.17) is 9.73 Å². The molecular formula is C17H30N4OS. The summed E-state index contributed by atoms with van der Waals surface area (Å²) in [4.78, 5) is 11.7. The van der Waals surface area contributed by atoms with Crippen molar-refractivity contribution >= 4 is 17.3 Å². The summed E-state index contributed by atoms with van der Waals surface area (Å²) in [6, 6.07) is 0. The fourth-order valence-corrected chi connectivity index (χ4v) is 3.52. The van der Waals surface area contributed by atoms with Gasteiger partial charge in [-0.3, -0.25) is 4.99 Å². The minimum absolute atomic E-state index is 0.509. The molecule has 1 aliphatic heterocycles. The Labute approximate surface area is 144 Å². The van der Waals surface area contributed by atoms with Crippen molar-refractivity contribution in [2.75, 3.05) is 39.9 Å². The number of hydrogen-bond acceptors (Lipinski definition) is 4. The van der Waals surface area contributed by atoms with Crippen molar-refractivity contribution in [2.24, 2.45) is 10.9 Å². The zero-order chi connectivity index (χ0) is 16.7. The molecule has 1 aliphatic rings. The highest BCUT2D eigenvalue weighted by Gasteiger charge is 2.19. The van der Waals surface area contributed by atoms with Crippen LogP contribution in [0.15, 0.2) is 10.4 Å². The minimum Gasteiger partial charge on any atom is -0.381 e. The van der Waals surface area contributed by atoms with Gasteiger partial charge < -0.3 is 15.0 Å². The lowest BCUT2D eigenvalue weighted by Crippen LogP contribution is -2.41. The summed E-state index contributed by atoms with van der Waals surface area (Å²) in [7, 11) is 2.11. The van der Waals surface area contributed by atoms with Crippen molar-refractivity contribution in [1.82, 2.24) is 15.2 Å². The van der Waals surface area contributed by atoms with Crippen LogP contribution in [0.4, 0.5) is 0 Å². The Morgan fingerprint density at radius 3 is 3.00 bits per heavy atom. The highest BCUT2D eigenvalue weighted by Crippen LogP contribution is 2.19. The van der Waals surface area contributed by atoms with Gasteiger partial charge in [-0.1, -0.05) is 13.8 Å². The van der Waals surface area contributed by atoms with Gasteiger partial charge in [-0.15, -0.1) is 11.3 Å². The van der Waals surface area contributed by atoms with Crippen molar-refractivity contribution in [1.29, 1.82) is 0 Å². The van der Waals surface area contributed by atoms with Crippen molar-refractivity contribution in [3.8, 4) is 0 Å². The average Bonchev–Trinajstić information content (AvgIpc) is 3.17. The molecule has 0 aromatic carbocycles. The monoisotopic (exact) mass is 338 g/mol. The van der Waals surface area contributed by atoms with Gasteiger partial charge in [0.2, 0.25) is 0 Å². The standard InChI is InChI=1S/C17H30N4OS/c1-5-18-17(21(4)10-14-7-9-22-11-14)19-8-6-15-12-23-16(20-15)13(2)3/h12-14H,5-11H2,1-4H3,(H,18,19). The predicted octanol–water partition coefficient (Wildman–Crippen LogP) is 2.74. The molecule has 1 fully saturated rings. The second-order valence-corrected chi connectivity index (χ2v) is 7.32. The Bertz CT molecular complexity index is 495. The molecule has 0 bridgehead atoms. The molecule has 1 atom stereocenters. The first-order valence-electron chi connectivity index (χ1n) is 8.61. The van der Waals surface area contributed by atoms with Crippen LogP contribution in [0.3, 0.4) is 0 Å². The summed E-state index contributed by atoms with van der Waals surface area (Å²) in [6.45, 7) is 10.9. The summed E-state index contributed by atoms with van der Waals surface area (Å²) in [5.41, 5.74) is 1.16. The molecule has 1 N–H and O–H groups in total. The van der Waals surface area contributed by atoms with E-state index in [0.29, 0.717) is 11.8 Å². The highest BCUT2D eigenvalue weighted by atomic mass is 32.1. The lowest BCUT2D eigenvalue weighted by molar-refractivity contribution is 0.181. The van der Waals surface area contributed by atoms with Crippen molar-refractivity contribution in [3.63, 3.8) is 0 Å². The quantitative estimate of drug-likeness (QED) is 0.613. The molecular weight excluding hydrogens is 308 g/mol. The van der Waals surface area contributed by atoms with Gasteiger partial charge in [-0.25, -0.2) is 4.98 Å². The van der Waals surface area contributed by atoms with Gasteiger partial charge in [-0.2, -0.15) is 0 Å². The third-order valence-electron chi connectivity index (χ3n) is 3.95. The van der Waals surface area contributed by atoms with E-state index in [1.807, 2.05) is 0 Å². The lowest BCUT2D eigenvalue weighted by Gasteiger charge is -2.24. The van der Waals surface area contributed by atoms with Gasteiger partial charge in [-0.05, 0) is 13.3 Å². The second kappa shape index (κ2) is 9.23. The largest absolute Gasteiger partial charge is 0.381 e. The van der Waals surface area contributed by atoms with E-state index >= 15 is 0 Å². The zero-order valence-electron chi connectivity index (χ0n) is 14.8.